The van der Waals surface area contributed by atoms with Gasteiger partial charge in [-0.15, -0.1) is 0 Å². The predicted molar refractivity (Wildman–Crippen MR) is 45.2 cm³/mol. The second-order valence-corrected chi connectivity index (χ2v) is 3.16. The third-order valence-corrected chi connectivity index (χ3v) is 1.85. The molecule has 0 aromatic rings. The molecule has 0 radical (unpaired) electrons. The lowest BCUT2D eigenvalue weighted by molar-refractivity contribution is -0.278. The zero-order valence-electron chi connectivity index (χ0n) is 8.90. The molecule has 0 aliphatic carbocycles. The minimum Gasteiger partial charge on any atom is -0.468 e. The van der Waals surface area contributed by atoms with Crippen LogP contribution in [0.1, 0.15) is 6.92 Å². The van der Waals surface area contributed by atoms with Crippen molar-refractivity contribution in [2.45, 2.75) is 19.0 Å². The Hall–Kier alpha value is -1.41. The van der Waals surface area contributed by atoms with Crippen LogP contribution in [0, 0.1) is 5.92 Å². The molecule has 100 valence electrons. The van der Waals surface area contributed by atoms with Gasteiger partial charge in [0, 0.05) is 0 Å². The first-order valence-electron chi connectivity index (χ1n) is 4.33. The topological polar surface area (TPSA) is 55.4 Å². The fraction of sp³-hybridized carbons (Fsp3) is 0.750. The van der Waals surface area contributed by atoms with Crippen molar-refractivity contribution in [1.82, 2.24) is 5.32 Å². The number of nitrogens with one attached hydrogen (secondary N) is 1. The van der Waals surface area contributed by atoms with Gasteiger partial charge in [0.15, 0.2) is 0 Å². The number of ether oxygens (including phenoxy) is 1. The van der Waals surface area contributed by atoms with Crippen LogP contribution in [-0.4, -0.2) is 37.6 Å². The summed E-state index contributed by atoms with van der Waals surface area (Å²) >= 11 is 0. The van der Waals surface area contributed by atoms with Gasteiger partial charge in [0.1, 0.15) is 5.92 Å². The Bertz CT molecular complexity index is 302. The Kier molecular flexibility index (Phi) is 4.84. The van der Waals surface area contributed by atoms with Crippen molar-refractivity contribution >= 4 is 11.9 Å². The number of carbonyl (C=O) groups is 2. The zero-order valence-corrected chi connectivity index (χ0v) is 8.90. The van der Waals surface area contributed by atoms with Gasteiger partial charge in [-0.3, -0.25) is 9.59 Å². The Labute approximate surface area is 93.1 Å². The van der Waals surface area contributed by atoms with E-state index in [-0.39, 0.29) is 0 Å². The van der Waals surface area contributed by atoms with Gasteiger partial charge in [-0.25, -0.2) is 0 Å². The molecule has 9 heteroatoms. The number of hydrogen-bond donors (Lipinski definition) is 1. The molecular formula is C8H10F5NO3. The molecule has 0 saturated carbocycles. The number of amides is 1. The molecule has 1 unspecified atom stereocenters. The highest BCUT2D eigenvalue weighted by atomic mass is 19.4. The lowest BCUT2D eigenvalue weighted by Gasteiger charge is -2.20. The van der Waals surface area contributed by atoms with E-state index in [9.17, 15) is 31.5 Å². The van der Waals surface area contributed by atoms with E-state index in [1.54, 1.807) is 0 Å². The molecule has 1 N–H and O–H groups in total. The highest BCUT2D eigenvalue weighted by Crippen LogP contribution is 2.34. The summed E-state index contributed by atoms with van der Waals surface area (Å²) < 4.78 is 64.0. The molecule has 1 atom stereocenters. The highest BCUT2D eigenvalue weighted by Gasteiger charge is 2.57. The molecule has 0 spiro atoms. The van der Waals surface area contributed by atoms with Crippen LogP contribution < -0.4 is 5.32 Å². The SMILES string of the molecule is COC(=O)C(C)C(=O)NCC(F)(F)C(F)(F)F. The van der Waals surface area contributed by atoms with Crippen LogP contribution >= 0.6 is 0 Å². The van der Waals surface area contributed by atoms with Crippen LogP contribution in [0.2, 0.25) is 0 Å². The molecule has 0 aromatic carbocycles. The first-order valence-corrected chi connectivity index (χ1v) is 4.33. The number of carbonyl (C=O) groups excluding carboxylic acids is 2. The molecule has 4 nitrogen and oxygen atoms in total. The van der Waals surface area contributed by atoms with E-state index < -0.39 is 36.4 Å². The van der Waals surface area contributed by atoms with Crippen LogP contribution in [0.4, 0.5) is 22.0 Å². The van der Waals surface area contributed by atoms with Gasteiger partial charge in [0.05, 0.1) is 13.7 Å². The third-order valence-electron chi connectivity index (χ3n) is 1.85. The van der Waals surface area contributed by atoms with E-state index in [0.29, 0.717) is 0 Å². The first kappa shape index (κ1) is 15.6. The van der Waals surface area contributed by atoms with Crippen molar-refractivity contribution in [3.05, 3.63) is 0 Å². The quantitative estimate of drug-likeness (QED) is 0.469. The summed E-state index contributed by atoms with van der Waals surface area (Å²) in [5, 5.41) is 1.33. The minimum atomic E-state index is -5.76. The molecule has 0 saturated heterocycles. The second-order valence-electron chi connectivity index (χ2n) is 3.16. The van der Waals surface area contributed by atoms with Gasteiger partial charge >= 0.3 is 18.1 Å². The van der Waals surface area contributed by atoms with Crippen molar-refractivity contribution in [2.75, 3.05) is 13.7 Å². The molecular weight excluding hydrogens is 253 g/mol. The van der Waals surface area contributed by atoms with Crippen molar-refractivity contribution in [3.8, 4) is 0 Å². The number of esters is 1. The van der Waals surface area contributed by atoms with Crippen molar-refractivity contribution < 1.29 is 36.3 Å². The normalized spacial score (nSPS) is 14.1. The molecule has 17 heavy (non-hydrogen) atoms. The largest absolute Gasteiger partial charge is 0.468 e. The Morgan fingerprint density at radius 1 is 1.24 bits per heavy atom. The number of halogens is 5. The van der Waals surface area contributed by atoms with Crippen LogP contribution in [-0.2, 0) is 14.3 Å². The summed E-state index contributed by atoms with van der Waals surface area (Å²) in [4.78, 5) is 21.8. The maximum absolute atomic E-state index is 12.4. The van der Waals surface area contributed by atoms with E-state index >= 15 is 0 Å². The summed E-state index contributed by atoms with van der Waals surface area (Å²) in [6.45, 7) is -0.899. The lowest BCUT2D eigenvalue weighted by atomic mass is 10.1. The molecule has 1 amide bonds. The summed E-state index contributed by atoms with van der Waals surface area (Å²) in [5.74, 6) is -8.79. The summed E-state index contributed by atoms with van der Waals surface area (Å²) in [6.07, 6.45) is -5.76. The Morgan fingerprint density at radius 3 is 2.06 bits per heavy atom. The monoisotopic (exact) mass is 263 g/mol. The van der Waals surface area contributed by atoms with Gasteiger partial charge in [-0.1, -0.05) is 0 Å². The summed E-state index contributed by atoms with van der Waals surface area (Å²) in [6, 6.07) is 0. The maximum atomic E-state index is 12.4. The number of rotatable bonds is 4. The first-order chi connectivity index (χ1) is 7.53. The van der Waals surface area contributed by atoms with E-state index in [0.717, 1.165) is 14.0 Å². The second kappa shape index (κ2) is 5.28. The van der Waals surface area contributed by atoms with Crippen molar-refractivity contribution in [2.24, 2.45) is 5.92 Å². The lowest BCUT2D eigenvalue weighted by Crippen LogP contribution is -2.48. The fourth-order valence-corrected chi connectivity index (χ4v) is 0.735. The van der Waals surface area contributed by atoms with Gasteiger partial charge in [0.25, 0.3) is 0 Å². The Balaban J connectivity index is 4.40. The number of alkyl halides is 5. The Morgan fingerprint density at radius 2 is 1.71 bits per heavy atom. The predicted octanol–water partition coefficient (Wildman–Crippen LogP) is 1.11. The van der Waals surface area contributed by atoms with Gasteiger partial charge in [-0.05, 0) is 6.92 Å². The fourth-order valence-electron chi connectivity index (χ4n) is 0.735. The average Bonchev–Trinajstić information content (AvgIpc) is 2.22. The minimum absolute atomic E-state index is 0.955. The van der Waals surface area contributed by atoms with Crippen molar-refractivity contribution in [3.63, 3.8) is 0 Å². The number of hydrogen-bond acceptors (Lipinski definition) is 3. The molecule has 0 rings (SSSR count). The standard InChI is InChI=1S/C8H10F5NO3/c1-4(6(16)17-2)5(15)14-3-7(9,10)8(11,12)13/h4H,3H2,1-2H3,(H,14,15). The zero-order chi connectivity index (χ0) is 13.9. The maximum Gasteiger partial charge on any atom is 0.455 e. The molecule has 0 bridgehead atoms. The van der Waals surface area contributed by atoms with Crippen LogP contribution in [0.25, 0.3) is 0 Å². The molecule has 0 aromatic heterocycles. The summed E-state index contributed by atoms with van der Waals surface area (Å²) in [5.41, 5.74) is 0. The van der Waals surface area contributed by atoms with Crippen LogP contribution in [0.5, 0.6) is 0 Å². The van der Waals surface area contributed by atoms with E-state index in [4.69, 9.17) is 0 Å². The highest BCUT2D eigenvalue weighted by molar-refractivity contribution is 5.97. The third kappa shape index (κ3) is 4.16. The van der Waals surface area contributed by atoms with E-state index in [1.807, 2.05) is 0 Å². The van der Waals surface area contributed by atoms with Gasteiger partial charge < -0.3 is 10.1 Å². The molecule has 0 aliphatic rings. The summed E-state index contributed by atoms with van der Waals surface area (Å²) in [7, 11) is 0.955. The van der Waals surface area contributed by atoms with E-state index in [2.05, 4.69) is 4.74 Å². The molecule has 0 fully saturated rings. The smallest absolute Gasteiger partial charge is 0.455 e. The van der Waals surface area contributed by atoms with Crippen LogP contribution in [0.3, 0.4) is 0 Å². The van der Waals surface area contributed by atoms with Crippen LogP contribution in [0.15, 0.2) is 0 Å². The van der Waals surface area contributed by atoms with Gasteiger partial charge in [-0.2, -0.15) is 22.0 Å². The molecule has 0 aliphatic heterocycles. The number of methoxy groups -OCH3 is 1. The van der Waals surface area contributed by atoms with Gasteiger partial charge in [0.2, 0.25) is 5.91 Å². The molecule has 0 heterocycles. The van der Waals surface area contributed by atoms with E-state index in [1.165, 1.54) is 5.32 Å². The average molecular weight is 263 g/mol. The van der Waals surface area contributed by atoms with Crippen molar-refractivity contribution in [1.29, 1.82) is 0 Å².